The van der Waals surface area contributed by atoms with E-state index in [-0.39, 0.29) is 0 Å². The molecule has 3 nitrogen and oxygen atoms in total. The monoisotopic (exact) mass is 261 g/mol. The number of hydrogen-bond acceptors (Lipinski definition) is 3. The highest BCUT2D eigenvalue weighted by molar-refractivity contribution is 5.30. The molecule has 1 atom stereocenters. The molecule has 104 valence electrons. The largest absolute Gasteiger partial charge is 0.381 e. The molecule has 1 unspecified atom stereocenters. The lowest BCUT2D eigenvalue weighted by Gasteiger charge is -2.26. The summed E-state index contributed by atoms with van der Waals surface area (Å²) in [4.78, 5) is 0. The van der Waals surface area contributed by atoms with Crippen LogP contribution in [0.2, 0.25) is 0 Å². The fourth-order valence-electron chi connectivity index (χ4n) is 2.54. The topological polar surface area (TPSA) is 30.5 Å². The van der Waals surface area contributed by atoms with Gasteiger partial charge in [-0.05, 0) is 42.9 Å². The highest BCUT2D eigenvalue weighted by Crippen LogP contribution is 2.28. The Morgan fingerprint density at radius 2 is 2.16 bits per heavy atom. The first-order valence-corrected chi connectivity index (χ1v) is 7.40. The Kier molecular flexibility index (Phi) is 4.49. The van der Waals surface area contributed by atoms with E-state index in [1.165, 1.54) is 24.0 Å². The van der Waals surface area contributed by atoms with E-state index >= 15 is 0 Å². The number of hydrogen-bond donors (Lipinski definition) is 1. The highest BCUT2D eigenvalue weighted by atomic mass is 16.5. The van der Waals surface area contributed by atoms with Crippen LogP contribution in [0.4, 0.5) is 0 Å². The Morgan fingerprint density at radius 3 is 3.05 bits per heavy atom. The minimum Gasteiger partial charge on any atom is -0.381 e. The predicted molar refractivity (Wildman–Crippen MR) is 75.0 cm³/mol. The van der Waals surface area contributed by atoms with Gasteiger partial charge in [0.1, 0.15) is 0 Å². The molecule has 1 aromatic carbocycles. The molecule has 1 aliphatic carbocycles. The molecule has 3 rings (SSSR count). The summed E-state index contributed by atoms with van der Waals surface area (Å²) in [5.74, 6) is 0.867. The van der Waals surface area contributed by atoms with E-state index < -0.39 is 0 Å². The van der Waals surface area contributed by atoms with E-state index in [9.17, 15) is 0 Å². The van der Waals surface area contributed by atoms with Crippen molar-refractivity contribution in [3.63, 3.8) is 0 Å². The van der Waals surface area contributed by atoms with Crippen LogP contribution in [0.25, 0.3) is 0 Å². The molecule has 3 heteroatoms. The normalized spacial score (nSPS) is 22.2. The third-order valence-corrected chi connectivity index (χ3v) is 3.88. The van der Waals surface area contributed by atoms with Crippen LogP contribution in [0.1, 0.15) is 36.4 Å². The maximum atomic E-state index is 5.65. The van der Waals surface area contributed by atoms with Gasteiger partial charge < -0.3 is 14.8 Å². The molecular weight excluding hydrogens is 238 g/mol. The first-order valence-electron chi connectivity index (χ1n) is 7.40. The van der Waals surface area contributed by atoms with Crippen molar-refractivity contribution in [3.8, 4) is 0 Å². The number of fused-ring (bicyclic) bond motifs is 1. The van der Waals surface area contributed by atoms with E-state index in [1.807, 2.05) is 0 Å². The summed E-state index contributed by atoms with van der Waals surface area (Å²) < 4.78 is 11.3. The van der Waals surface area contributed by atoms with Crippen LogP contribution in [0, 0.1) is 5.92 Å². The summed E-state index contributed by atoms with van der Waals surface area (Å²) in [6.45, 7) is 4.36. The van der Waals surface area contributed by atoms with Crippen molar-refractivity contribution in [2.24, 2.45) is 5.92 Å². The van der Waals surface area contributed by atoms with E-state index in [1.54, 1.807) is 0 Å². The molecule has 1 saturated carbocycles. The lowest BCUT2D eigenvalue weighted by Crippen LogP contribution is -2.30. The van der Waals surface area contributed by atoms with E-state index in [4.69, 9.17) is 9.47 Å². The van der Waals surface area contributed by atoms with Crippen LogP contribution >= 0.6 is 0 Å². The molecule has 1 heterocycles. The van der Waals surface area contributed by atoms with Crippen LogP contribution in [-0.2, 0) is 16.1 Å². The van der Waals surface area contributed by atoms with Gasteiger partial charge in [-0.2, -0.15) is 0 Å². The average molecular weight is 261 g/mol. The Morgan fingerprint density at radius 1 is 1.26 bits per heavy atom. The van der Waals surface area contributed by atoms with Gasteiger partial charge in [0.05, 0.1) is 19.3 Å². The zero-order chi connectivity index (χ0) is 12.9. The fourth-order valence-corrected chi connectivity index (χ4v) is 2.54. The predicted octanol–water partition coefficient (Wildman–Crippen LogP) is 2.66. The SMILES string of the molecule is c1ccc2c(c1)COCC2NCCCOCC1CC1. The third kappa shape index (κ3) is 3.78. The minimum atomic E-state index is 0.341. The Balaban J connectivity index is 1.38. The zero-order valence-corrected chi connectivity index (χ0v) is 11.4. The van der Waals surface area contributed by atoms with Crippen molar-refractivity contribution in [1.82, 2.24) is 5.32 Å². The molecule has 0 amide bonds. The van der Waals surface area contributed by atoms with Gasteiger partial charge in [-0.3, -0.25) is 0 Å². The first-order chi connectivity index (χ1) is 9.43. The molecule has 1 fully saturated rings. The maximum Gasteiger partial charge on any atom is 0.0721 e. The number of rotatable bonds is 7. The molecule has 19 heavy (non-hydrogen) atoms. The second-order valence-electron chi connectivity index (χ2n) is 5.59. The van der Waals surface area contributed by atoms with Crippen LogP contribution in [0.5, 0.6) is 0 Å². The minimum absolute atomic E-state index is 0.341. The Bertz CT molecular complexity index is 403. The Hall–Kier alpha value is -0.900. The lowest BCUT2D eigenvalue weighted by atomic mass is 9.99. The lowest BCUT2D eigenvalue weighted by molar-refractivity contribution is 0.0796. The van der Waals surface area contributed by atoms with Gasteiger partial charge >= 0.3 is 0 Å². The van der Waals surface area contributed by atoms with Crippen molar-refractivity contribution in [1.29, 1.82) is 0 Å². The fraction of sp³-hybridized carbons (Fsp3) is 0.625. The second-order valence-corrected chi connectivity index (χ2v) is 5.59. The molecular formula is C16H23NO2. The van der Waals surface area contributed by atoms with Crippen molar-refractivity contribution < 1.29 is 9.47 Å². The van der Waals surface area contributed by atoms with E-state index in [0.29, 0.717) is 6.04 Å². The van der Waals surface area contributed by atoms with Gasteiger partial charge in [0, 0.05) is 13.2 Å². The third-order valence-electron chi connectivity index (χ3n) is 3.88. The second kappa shape index (κ2) is 6.51. The Labute approximate surface area is 115 Å². The summed E-state index contributed by atoms with van der Waals surface area (Å²) in [5, 5.41) is 3.58. The van der Waals surface area contributed by atoms with E-state index in [0.717, 1.165) is 45.3 Å². The van der Waals surface area contributed by atoms with Gasteiger partial charge in [0.15, 0.2) is 0 Å². The smallest absolute Gasteiger partial charge is 0.0721 e. The molecule has 0 saturated heterocycles. The summed E-state index contributed by atoms with van der Waals surface area (Å²) >= 11 is 0. The van der Waals surface area contributed by atoms with Gasteiger partial charge in [0.25, 0.3) is 0 Å². The number of nitrogens with one attached hydrogen (secondary N) is 1. The van der Waals surface area contributed by atoms with E-state index in [2.05, 4.69) is 29.6 Å². The summed E-state index contributed by atoms with van der Waals surface area (Å²) in [6, 6.07) is 8.89. The summed E-state index contributed by atoms with van der Waals surface area (Å²) in [5.41, 5.74) is 2.71. The molecule has 1 aromatic rings. The quantitative estimate of drug-likeness (QED) is 0.765. The average Bonchev–Trinajstić information content (AvgIpc) is 3.27. The van der Waals surface area contributed by atoms with Crippen molar-refractivity contribution in [2.75, 3.05) is 26.4 Å². The van der Waals surface area contributed by atoms with Crippen molar-refractivity contribution in [2.45, 2.75) is 31.9 Å². The molecule has 0 radical (unpaired) electrons. The van der Waals surface area contributed by atoms with Crippen molar-refractivity contribution in [3.05, 3.63) is 35.4 Å². The standard InChI is InChI=1S/C16H23NO2/c1-2-5-15-14(4-1)11-19-12-16(15)17-8-3-9-18-10-13-6-7-13/h1-2,4-5,13,16-17H,3,6-12H2. The summed E-state index contributed by atoms with van der Waals surface area (Å²) in [7, 11) is 0. The van der Waals surface area contributed by atoms with Crippen molar-refractivity contribution >= 4 is 0 Å². The van der Waals surface area contributed by atoms with Gasteiger partial charge in [0.2, 0.25) is 0 Å². The van der Waals surface area contributed by atoms with Crippen LogP contribution < -0.4 is 5.32 Å². The maximum absolute atomic E-state index is 5.65. The molecule has 1 aliphatic heterocycles. The van der Waals surface area contributed by atoms with Gasteiger partial charge in [-0.25, -0.2) is 0 Å². The van der Waals surface area contributed by atoms with Crippen LogP contribution in [-0.4, -0.2) is 26.4 Å². The van der Waals surface area contributed by atoms with Crippen LogP contribution in [0.15, 0.2) is 24.3 Å². The molecule has 0 aromatic heterocycles. The number of ether oxygens (including phenoxy) is 2. The highest BCUT2D eigenvalue weighted by Gasteiger charge is 2.21. The zero-order valence-electron chi connectivity index (χ0n) is 11.4. The molecule has 0 bridgehead atoms. The van der Waals surface area contributed by atoms with Gasteiger partial charge in [-0.1, -0.05) is 24.3 Å². The van der Waals surface area contributed by atoms with Crippen LogP contribution in [0.3, 0.4) is 0 Å². The van der Waals surface area contributed by atoms with Gasteiger partial charge in [-0.15, -0.1) is 0 Å². The summed E-state index contributed by atoms with van der Waals surface area (Å²) in [6.07, 6.45) is 3.81. The number of benzene rings is 1. The molecule has 0 spiro atoms. The first kappa shape index (κ1) is 13.1. The molecule has 1 N–H and O–H groups in total. The molecule has 2 aliphatic rings.